The lowest BCUT2D eigenvalue weighted by Gasteiger charge is -2.36. The molecule has 3 heterocycles. The number of piperazine rings is 1. The SMILES string of the molecule is O=C1N=C(N2CCN(c3ccccc3)CC2)S/C1=C/c1ccc(Br)s1. The summed E-state index contributed by atoms with van der Waals surface area (Å²) in [5.74, 6) is -0.130. The number of hydrogen-bond donors (Lipinski definition) is 0. The van der Waals surface area contributed by atoms with Crippen molar-refractivity contribution >= 4 is 61.9 Å². The number of amides is 1. The van der Waals surface area contributed by atoms with Crippen LogP contribution in [0.5, 0.6) is 0 Å². The summed E-state index contributed by atoms with van der Waals surface area (Å²) in [6.07, 6.45) is 1.93. The van der Waals surface area contributed by atoms with Crippen molar-refractivity contribution in [3.05, 3.63) is 56.0 Å². The smallest absolute Gasteiger partial charge is 0.286 e. The van der Waals surface area contributed by atoms with Crippen LogP contribution in [-0.2, 0) is 4.79 Å². The normalized spacial score (nSPS) is 19.6. The lowest BCUT2D eigenvalue weighted by atomic mass is 10.2. The molecule has 1 amide bonds. The van der Waals surface area contributed by atoms with Crippen LogP contribution in [-0.4, -0.2) is 42.2 Å². The number of thiophene rings is 1. The highest BCUT2D eigenvalue weighted by atomic mass is 79.9. The molecule has 1 saturated heterocycles. The monoisotopic (exact) mass is 433 g/mol. The molecule has 0 bridgehead atoms. The van der Waals surface area contributed by atoms with E-state index in [1.54, 1.807) is 11.3 Å². The van der Waals surface area contributed by atoms with Crippen LogP contribution < -0.4 is 4.90 Å². The molecule has 4 nitrogen and oxygen atoms in total. The van der Waals surface area contributed by atoms with Crippen molar-refractivity contribution in [1.82, 2.24) is 4.90 Å². The predicted molar refractivity (Wildman–Crippen MR) is 110 cm³/mol. The average molecular weight is 434 g/mol. The number of nitrogens with zero attached hydrogens (tertiary/aromatic N) is 3. The fourth-order valence-electron chi connectivity index (χ4n) is 2.86. The molecule has 0 unspecified atom stereocenters. The Kier molecular flexibility index (Phi) is 4.96. The zero-order valence-electron chi connectivity index (χ0n) is 13.4. The molecule has 128 valence electrons. The maximum absolute atomic E-state index is 12.2. The molecule has 7 heteroatoms. The van der Waals surface area contributed by atoms with Crippen molar-refractivity contribution in [2.45, 2.75) is 0 Å². The van der Waals surface area contributed by atoms with E-state index in [0.29, 0.717) is 4.91 Å². The summed E-state index contributed by atoms with van der Waals surface area (Å²) in [5.41, 5.74) is 1.25. The van der Waals surface area contributed by atoms with Crippen LogP contribution in [0.3, 0.4) is 0 Å². The maximum Gasteiger partial charge on any atom is 0.286 e. The fourth-order valence-corrected chi connectivity index (χ4v) is 5.26. The van der Waals surface area contributed by atoms with Gasteiger partial charge < -0.3 is 9.80 Å². The van der Waals surface area contributed by atoms with E-state index < -0.39 is 0 Å². The average Bonchev–Trinajstić information content (AvgIpc) is 3.22. The lowest BCUT2D eigenvalue weighted by molar-refractivity contribution is -0.113. The minimum absolute atomic E-state index is 0.130. The molecule has 1 aromatic heterocycles. The van der Waals surface area contributed by atoms with Gasteiger partial charge in [-0.3, -0.25) is 4.79 Å². The van der Waals surface area contributed by atoms with Crippen molar-refractivity contribution < 1.29 is 4.79 Å². The number of para-hydroxylation sites is 1. The third-order valence-electron chi connectivity index (χ3n) is 4.15. The summed E-state index contributed by atoms with van der Waals surface area (Å²) in [7, 11) is 0. The van der Waals surface area contributed by atoms with Crippen molar-refractivity contribution in [1.29, 1.82) is 0 Å². The first-order valence-electron chi connectivity index (χ1n) is 8.02. The lowest BCUT2D eigenvalue weighted by Crippen LogP contribution is -2.47. The molecule has 2 aliphatic rings. The highest BCUT2D eigenvalue weighted by Crippen LogP contribution is 2.33. The minimum Gasteiger partial charge on any atom is -0.368 e. The van der Waals surface area contributed by atoms with Crippen LogP contribution in [0.15, 0.2) is 56.1 Å². The number of amidine groups is 1. The Hall–Kier alpha value is -1.57. The largest absolute Gasteiger partial charge is 0.368 e. The summed E-state index contributed by atoms with van der Waals surface area (Å²) >= 11 is 6.55. The van der Waals surface area contributed by atoms with E-state index in [2.05, 4.69) is 55.0 Å². The molecule has 25 heavy (non-hydrogen) atoms. The molecule has 1 aromatic carbocycles. The van der Waals surface area contributed by atoms with Gasteiger partial charge in [0, 0.05) is 36.7 Å². The van der Waals surface area contributed by atoms with Crippen molar-refractivity contribution in [3.63, 3.8) is 0 Å². The van der Waals surface area contributed by atoms with E-state index in [4.69, 9.17) is 0 Å². The Morgan fingerprint density at radius 2 is 1.72 bits per heavy atom. The molecule has 0 N–H and O–H groups in total. The van der Waals surface area contributed by atoms with Crippen LogP contribution in [0.25, 0.3) is 6.08 Å². The first kappa shape index (κ1) is 16.9. The predicted octanol–water partition coefficient (Wildman–Crippen LogP) is 4.30. The van der Waals surface area contributed by atoms with Gasteiger partial charge in [-0.05, 0) is 58.0 Å². The van der Waals surface area contributed by atoms with Gasteiger partial charge in [-0.1, -0.05) is 18.2 Å². The van der Waals surface area contributed by atoms with Crippen LogP contribution >= 0.6 is 39.0 Å². The summed E-state index contributed by atoms with van der Waals surface area (Å²) in [6, 6.07) is 14.4. The molecular weight excluding hydrogens is 418 g/mol. The maximum atomic E-state index is 12.2. The topological polar surface area (TPSA) is 35.9 Å². The van der Waals surface area contributed by atoms with Gasteiger partial charge in [0.1, 0.15) is 0 Å². The highest BCUT2D eigenvalue weighted by Gasteiger charge is 2.28. The number of aliphatic imine (C=N–C) groups is 1. The van der Waals surface area contributed by atoms with E-state index in [0.717, 1.165) is 40.0 Å². The number of halogens is 1. The van der Waals surface area contributed by atoms with Crippen molar-refractivity contribution in [2.24, 2.45) is 4.99 Å². The zero-order chi connectivity index (χ0) is 17.2. The van der Waals surface area contributed by atoms with Gasteiger partial charge in [0.2, 0.25) is 0 Å². The molecule has 1 fully saturated rings. The number of thioether (sulfide) groups is 1. The standard InChI is InChI=1S/C18H16BrN3OS2/c19-16-7-6-14(24-16)12-15-17(23)20-18(25-15)22-10-8-21(9-11-22)13-4-2-1-3-5-13/h1-7,12H,8-11H2/b15-12+. The van der Waals surface area contributed by atoms with E-state index in [9.17, 15) is 4.79 Å². The van der Waals surface area contributed by atoms with Gasteiger partial charge in [-0.15, -0.1) is 11.3 Å². The van der Waals surface area contributed by atoms with Crippen LogP contribution in [0.2, 0.25) is 0 Å². The molecule has 2 aliphatic heterocycles. The van der Waals surface area contributed by atoms with E-state index >= 15 is 0 Å². The highest BCUT2D eigenvalue weighted by molar-refractivity contribution is 9.11. The second-order valence-corrected chi connectivity index (χ2v) is 9.27. The second-order valence-electron chi connectivity index (χ2n) is 5.76. The van der Waals surface area contributed by atoms with Gasteiger partial charge in [0.05, 0.1) is 8.69 Å². The molecule has 0 spiro atoms. The molecule has 0 aliphatic carbocycles. The van der Waals surface area contributed by atoms with Gasteiger partial charge in [-0.2, -0.15) is 4.99 Å². The quantitative estimate of drug-likeness (QED) is 0.661. The Labute approximate surface area is 163 Å². The van der Waals surface area contributed by atoms with E-state index in [-0.39, 0.29) is 5.91 Å². The Balaban J connectivity index is 1.40. The molecular formula is C18H16BrN3OS2. The van der Waals surface area contributed by atoms with E-state index in [1.165, 1.54) is 17.4 Å². The van der Waals surface area contributed by atoms with Gasteiger partial charge >= 0.3 is 0 Å². The molecule has 4 rings (SSSR count). The molecule has 0 atom stereocenters. The van der Waals surface area contributed by atoms with Crippen molar-refractivity contribution in [3.8, 4) is 0 Å². The van der Waals surface area contributed by atoms with Crippen LogP contribution in [0, 0.1) is 0 Å². The summed E-state index contributed by atoms with van der Waals surface area (Å²) in [6.45, 7) is 3.64. The fraction of sp³-hybridized carbons (Fsp3) is 0.222. The zero-order valence-corrected chi connectivity index (χ0v) is 16.6. The third-order valence-corrected chi connectivity index (χ3v) is 6.76. The van der Waals surface area contributed by atoms with E-state index in [1.807, 2.05) is 24.3 Å². The van der Waals surface area contributed by atoms with Crippen LogP contribution in [0.1, 0.15) is 4.88 Å². The number of carbonyl (C=O) groups excluding carboxylic acids is 1. The first-order valence-corrected chi connectivity index (χ1v) is 10.4. The van der Waals surface area contributed by atoms with Crippen LogP contribution in [0.4, 0.5) is 5.69 Å². The molecule has 2 aromatic rings. The number of anilines is 1. The number of hydrogen-bond acceptors (Lipinski definition) is 5. The summed E-state index contributed by atoms with van der Waals surface area (Å²) in [5, 5.41) is 0.833. The van der Waals surface area contributed by atoms with Crippen molar-refractivity contribution in [2.75, 3.05) is 31.1 Å². The summed E-state index contributed by atoms with van der Waals surface area (Å²) in [4.78, 5) is 22.8. The number of benzene rings is 1. The number of carbonyl (C=O) groups is 1. The van der Waals surface area contributed by atoms with Gasteiger partial charge in [0.15, 0.2) is 5.17 Å². The van der Waals surface area contributed by atoms with Gasteiger partial charge in [-0.25, -0.2) is 0 Å². The molecule has 0 radical (unpaired) electrons. The third kappa shape index (κ3) is 3.83. The minimum atomic E-state index is -0.130. The second kappa shape index (κ2) is 7.35. The first-order chi connectivity index (χ1) is 12.2. The Morgan fingerprint density at radius 1 is 1.00 bits per heavy atom. The van der Waals surface area contributed by atoms with Gasteiger partial charge in [0.25, 0.3) is 5.91 Å². The Bertz CT molecular complexity index is 839. The Morgan fingerprint density at radius 3 is 2.40 bits per heavy atom. The number of rotatable bonds is 2. The molecule has 0 saturated carbocycles. The summed E-state index contributed by atoms with van der Waals surface area (Å²) < 4.78 is 1.06.